The van der Waals surface area contributed by atoms with Gasteiger partial charge in [0.05, 0.1) is 11.6 Å². The van der Waals surface area contributed by atoms with Gasteiger partial charge in [0, 0.05) is 30.1 Å². The highest BCUT2D eigenvalue weighted by molar-refractivity contribution is 5.89. The van der Waals surface area contributed by atoms with E-state index >= 15 is 0 Å². The van der Waals surface area contributed by atoms with Gasteiger partial charge in [-0.1, -0.05) is 12.1 Å². The summed E-state index contributed by atoms with van der Waals surface area (Å²) >= 11 is 0. The van der Waals surface area contributed by atoms with Crippen LogP contribution in [0.1, 0.15) is 12.5 Å². The van der Waals surface area contributed by atoms with Gasteiger partial charge >= 0.3 is 0 Å². The highest BCUT2D eigenvalue weighted by Crippen LogP contribution is 2.24. The molecule has 0 bridgehead atoms. The molecule has 7 heteroatoms. The molecule has 2 aromatic heterocycles. The second-order valence-electron chi connectivity index (χ2n) is 6.23. The molecule has 0 radical (unpaired) electrons. The minimum absolute atomic E-state index is 0.109. The van der Waals surface area contributed by atoms with Crippen molar-refractivity contribution in [1.29, 1.82) is 5.26 Å². The Bertz CT molecular complexity index is 1200. The van der Waals surface area contributed by atoms with Crippen molar-refractivity contribution in [1.82, 2.24) is 14.6 Å². The van der Waals surface area contributed by atoms with Crippen LogP contribution in [0, 0.1) is 11.3 Å². The van der Waals surface area contributed by atoms with Crippen molar-refractivity contribution in [2.24, 2.45) is 0 Å². The molecule has 28 heavy (non-hydrogen) atoms. The fraction of sp³-hybridized carbons (Fsp3) is 0.0476. The second-order valence-corrected chi connectivity index (χ2v) is 6.23. The second kappa shape index (κ2) is 7.21. The van der Waals surface area contributed by atoms with Crippen LogP contribution in [0.3, 0.4) is 0 Å². The fourth-order valence-corrected chi connectivity index (χ4v) is 2.84. The first-order valence-corrected chi connectivity index (χ1v) is 8.62. The van der Waals surface area contributed by atoms with E-state index in [1.807, 2.05) is 54.7 Å². The van der Waals surface area contributed by atoms with Crippen molar-refractivity contribution in [2.75, 3.05) is 10.6 Å². The van der Waals surface area contributed by atoms with Crippen LogP contribution in [0.2, 0.25) is 0 Å². The predicted molar refractivity (Wildman–Crippen MR) is 107 cm³/mol. The molecular weight excluding hydrogens is 352 g/mol. The van der Waals surface area contributed by atoms with Crippen LogP contribution in [-0.4, -0.2) is 20.5 Å². The quantitative estimate of drug-likeness (QED) is 0.568. The first-order chi connectivity index (χ1) is 13.6. The van der Waals surface area contributed by atoms with Crippen LogP contribution in [0.25, 0.3) is 16.8 Å². The lowest BCUT2D eigenvalue weighted by Crippen LogP contribution is -2.05. The van der Waals surface area contributed by atoms with Crippen molar-refractivity contribution >= 4 is 28.9 Å². The van der Waals surface area contributed by atoms with Crippen LogP contribution >= 0.6 is 0 Å². The first kappa shape index (κ1) is 17.2. The maximum atomic E-state index is 11.3. The smallest absolute Gasteiger partial charge is 0.247 e. The van der Waals surface area contributed by atoms with E-state index in [9.17, 15) is 4.79 Å². The van der Waals surface area contributed by atoms with E-state index in [1.165, 1.54) is 6.92 Å². The zero-order valence-electron chi connectivity index (χ0n) is 15.0. The van der Waals surface area contributed by atoms with Gasteiger partial charge in [-0.2, -0.15) is 10.2 Å². The van der Waals surface area contributed by atoms with Gasteiger partial charge in [-0.3, -0.25) is 4.79 Å². The molecule has 1 amide bonds. The van der Waals surface area contributed by atoms with Gasteiger partial charge in [0.15, 0.2) is 5.65 Å². The Balaban J connectivity index is 1.61. The fourth-order valence-electron chi connectivity index (χ4n) is 2.84. The van der Waals surface area contributed by atoms with E-state index in [-0.39, 0.29) is 5.91 Å². The number of hydrogen-bond acceptors (Lipinski definition) is 5. The van der Waals surface area contributed by atoms with Crippen LogP contribution in [-0.2, 0) is 4.79 Å². The molecule has 0 unspecified atom stereocenters. The van der Waals surface area contributed by atoms with E-state index in [4.69, 9.17) is 5.26 Å². The van der Waals surface area contributed by atoms with Gasteiger partial charge in [-0.25, -0.2) is 4.52 Å². The number of anilines is 3. The molecule has 0 fully saturated rings. The first-order valence-electron chi connectivity index (χ1n) is 8.62. The zero-order valence-corrected chi connectivity index (χ0v) is 15.0. The summed E-state index contributed by atoms with van der Waals surface area (Å²) in [6.45, 7) is 1.48. The summed E-state index contributed by atoms with van der Waals surface area (Å²) < 4.78 is 1.70. The summed E-state index contributed by atoms with van der Waals surface area (Å²) in [6.07, 6.45) is 1.89. The monoisotopic (exact) mass is 368 g/mol. The lowest BCUT2D eigenvalue weighted by Gasteiger charge is -2.06. The third-order valence-corrected chi connectivity index (χ3v) is 4.12. The topological polar surface area (TPSA) is 95.1 Å². The zero-order chi connectivity index (χ0) is 19.5. The van der Waals surface area contributed by atoms with E-state index < -0.39 is 0 Å². The Morgan fingerprint density at radius 3 is 2.61 bits per heavy atom. The maximum absolute atomic E-state index is 11.3. The average Bonchev–Trinajstić information content (AvgIpc) is 3.09. The minimum atomic E-state index is -0.109. The molecule has 0 saturated carbocycles. The standard InChI is InChI=1S/C21H16N6O/c1-14(28)23-19-4-2-3-16(11-19)17-7-10-20-25-21(26-27(20)13-17)24-18-8-5-15(12-22)6-9-18/h2-11,13H,1H3,(H,23,28)(H,24,26). The van der Waals surface area contributed by atoms with Gasteiger partial charge in [-0.15, -0.1) is 5.10 Å². The molecular formula is C21H16N6O. The number of nitrogens with zero attached hydrogens (tertiary/aromatic N) is 4. The molecule has 2 N–H and O–H groups in total. The summed E-state index contributed by atoms with van der Waals surface area (Å²) in [5.74, 6) is 0.358. The highest BCUT2D eigenvalue weighted by Gasteiger charge is 2.07. The Morgan fingerprint density at radius 2 is 1.86 bits per heavy atom. The van der Waals surface area contributed by atoms with Crippen molar-refractivity contribution < 1.29 is 4.79 Å². The lowest BCUT2D eigenvalue weighted by atomic mass is 10.1. The third-order valence-electron chi connectivity index (χ3n) is 4.12. The number of nitriles is 1. The van der Waals surface area contributed by atoms with E-state index in [0.717, 1.165) is 22.5 Å². The van der Waals surface area contributed by atoms with Gasteiger partial charge < -0.3 is 10.6 Å². The number of fused-ring (bicyclic) bond motifs is 1. The van der Waals surface area contributed by atoms with Gasteiger partial charge in [0.1, 0.15) is 0 Å². The number of hydrogen-bond donors (Lipinski definition) is 2. The molecule has 4 aromatic rings. The van der Waals surface area contributed by atoms with Gasteiger partial charge in [-0.05, 0) is 54.1 Å². The average molecular weight is 368 g/mol. The number of pyridine rings is 1. The molecule has 0 aliphatic heterocycles. The number of rotatable bonds is 4. The minimum Gasteiger partial charge on any atom is -0.326 e. The number of amides is 1. The number of carbonyl (C=O) groups excluding carboxylic acids is 1. The van der Waals surface area contributed by atoms with Gasteiger partial charge in [0.25, 0.3) is 0 Å². The molecule has 7 nitrogen and oxygen atoms in total. The summed E-state index contributed by atoms with van der Waals surface area (Å²) in [7, 11) is 0. The van der Waals surface area contributed by atoms with Crippen molar-refractivity contribution in [3.63, 3.8) is 0 Å². The lowest BCUT2D eigenvalue weighted by molar-refractivity contribution is -0.114. The predicted octanol–water partition coefficient (Wildman–Crippen LogP) is 3.97. The highest BCUT2D eigenvalue weighted by atomic mass is 16.1. The molecule has 0 aliphatic carbocycles. The Labute approximate surface area is 161 Å². The van der Waals surface area contributed by atoms with Crippen molar-refractivity contribution in [3.8, 4) is 17.2 Å². The van der Waals surface area contributed by atoms with E-state index in [0.29, 0.717) is 17.2 Å². The summed E-state index contributed by atoms with van der Waals surface area (Å²) in [5, 5.41) is 19.3. The van der Waals surface area contributed by atoms with Gasteiger partial charge in [0.2, 0.25) is 11.9 Å². The Morgan fingerprint density at radius 1 is 1.04 bits per heavy atom. The van der Waals surface area contributed by atoms with Crippen LogP contribution in [0.5, 0.6) is 0 Å². The molecule has 136 valence electrons. The normalized spacial score (nSPS) is 10.4. The Hall–Kier alpha value is -4.18. The molecule has 0 spiro atoms. The summed E-state index contributed by atoms with van der Waals surface area (Å²) in [6, 6.07) is 20.6. The van der Waals surface area contributed by atoms with Crippen molar-refractivity contribution in [3.05, 3.63) is 72.4 Å². The van der Waals surface area contributed by atoms with Crippen molar-refractivity contribution in [2.45, 2.75) is 6.92 Å². The number of benzene rings is 2. The largest absolute Gasteiger partial charge is 0.326 e. The van der Waals surface area contributed by atoms with Crippen LogP contribution in [0.4, 0.5) is 17.3 Å². The Kier molecular flexibility index (Phi) is 4.44. The molecule has 4 rings (SSSR count). The summed E-state index contributed by atoms with van der Waals surface area (Å²) in [5.41, 5.74) is 4.77. The number of nitrogens with one attached hydrogen (secondary N) is 2. The SMILES string of the molecule is CC(=O)Nc1cccc(-c2ccc3nc(Nc4ccc(C#N)cc4)nn3c2)c1. The third kappa shape index (κ3) is 3.66. The maximum Gasteiger partial charge on any atom is 0.247 e. The number of carbonyl (C=O) groups is 1. The number of aromatic nitrogens is 3. The van der Waals surface area contributed by atoms with Crippen LogP contribution < -0.4 is 10.6 Å². The molecule has 0 aliphatic rings. The summed E-state index contributed by atoms with van der Waals surface area (Å²) in [4.78, 5) is 15.7. The van der Waals surface area contributed by atoms with E-state index in [1.54, 1.807) is 16.6 Å². The molecule has 0 saturated heterocycles. The van der Waals surface area contributed by atoms with E-state index in [2.05, 4.69) is 26.8 Å². The molecule has 0 atom stereocenters. The molecule has 2 aromatic carbocycles. The molecule has 2 heterocycles. The van der Waals surface area contributed by atoms with Crippen LogP contribution in [0.15, 0.2) is 66.9 Å².